The van der Waals surface area contributed by atoms with Gasteiger partial charge in [0.2, 0.25) is 0 Å². The highest BCUT2D eigenvalue weighted by Gasteiger charge is 2.32. The molecular weight excluding hydrogens is 202 g/mol. The fourth-order valence-corrected chi connectivity index (χ4v) is 2.52. The van der Waals surface area contributed by atoms with E-state index >= 15 is 0 Å². The number of nitrogens with zero attached hydrogens (tertiary/aromatic N) is 1. The third kappa shape index (κ3) is 2.64. The molecule has 5 heteroatoms. The molecule has 4 nitrogen and oxygen atoms in total. The molecule has 1 heterocycles. The number of carbonyl (C=O) groups excluding carboxylic acids is 2. The predicted molar refractivity (Wildman–Crippen MR) is 55.1 cm³/mol. The Balaban J connectivity index is 2.61. The van der Waals surface area contributed by atoms with Crippen LogP contribution in [0.3, 0.4) is 0 Å². The first-order valence-electron chi connectivity index (χ1n) is 4.47. The van der Waals surface area contributed by atoms with Gasteiger partial charge in [0.25, 0.3) is 0 Å². The van der Waals surface area contributed by atoms with Crippen LogP contribution in [0.1, 0.15) is 13.8 Å². The highest BCUT2D eigenvalue weighted by Crippen LogP contribution is 2.29. The van der Waals surface area contributed by atoms with Crippen LogP contribution in [0.5, 0.6) is 0 Å². The molecule has 1 fully saturated rings. The Labute approximate surface area is 88.0 Å². The first-order valence-corrected chi connectivity index (χ1v) is 5.46. The Bertz CT molecular complexity index is 252. The number of rotatable bonds is 0. The molecular formula is C9H15NO3S. The summed E-state index contributed by atoms with van der Waals surface area (Å²) in [5.41, 5.74) is 0. The van der Waals surface area contributed by atoms with Crippen LogP contribution < -0.4 is 0 Å². The van der Waals surface area contributed by atoms with Gasteiger partial charge in [-0.3, -0.25) is 4.79 Å². The van der Waals surface area contributed by atoms with E-state index in [9.17, 15) is 9.59 Å². The number of amides is 1. The van der Waals surface area contributed by atoms with Crippen molar-refractivity contribution in [1.29, 1.82) is 0 Å². The van der Waals surface area contributed by atoms with Gasteiger partial charge < -0.3 is 9.64 Å². The highest BCUT2D eigenvalue weighted by molar-refractivity contribution is 8.00. The second-order valence-electron chi connectivity index (χ2n) is 3.83. The van der Waals surface area contributed by atoms with Crippen molar-refractivity contribution in [2.24, 2.45) is 0 Å². The summed E-state index contributed by atoms with van der Waals surface area (Å²) in [4.78, 5) is 24.0. The summed E-state index contributed by atoms with van der Waals surface area (Å²) < 4.78 is 4.43. The maximum absolute atomic E-state index is 11.5. The van der Waals surface area contributed by atoms with Gasteiger partial charge in [-0.05, 0) is 13.8 Å². The van der Waals surface area contributed by atoms with Crippen molar-refractivity contribution in [3.63, 3.8) is 0 Å². The second-order valence-corrected chi connectivity index (χ2v) is 5.63. The molecule has 0 unspecified atom stereocenters. The van der Waals surface area contributed by atoms with E-state index in [0.29, 0.717) is 13.1 Å². The van der Waals surface area contributed by atoms with E-state index in [1.54, 1.807) is 4.90 Å². The SMILES string of the molecule is COC(=O)C(=O)N1CCSC(C)(C)C1. The number of hydrogen-bond acceptors (Lipinski definition) is 4. The van der Waals surface area contributed by atoms with Crippen LogP contribution >= 0.6 is 11.8 Å². The van der Waals surface area contributed by atoms with Gasteiger partial charge in [-0.25, -0.2) is 4.79 Å². The van der Waals surface area contributed by atoms with E-state index in [0.717, 1.165) is 5.75 Å². The van der Waals surface area contributed by atoms with Crippen LogP contribution in [0.4, 0.5) is 0 Å². The Hall–Kier alpha value is -0.710. The van der Waals surface area contributed by atoms with Crippen molar-refractivity contribution >= 4 is 23.6 Å². The summed E-state index contributed by atoms with van der Waals surface area (Å²) in [6.07, 6.45) is 0. The zero-order valence-electron chi connectivity index (χ0n) is 8.70. The van der Waals surface area contributed by atoms with Crippen LogP contribution in [0, 0.1) is 0 Å². The number of methoxy groups -OCH3 is 1. The van der Waals surface area contributed by atoms with Crippen molar-refractivity contribution in [2.45, 2.75) is 18.6 Å². The molecule has 14 heavy (non-hydrogen) atoms. The maximum atomic E-state index is 11.5. The molecule has 1 aliphatic heterocycles. The fraction of sp³-hybridized carbons (Fsp3) is 0.778. The Morgan fingerprint density at radius 1 is 1.43 bits per heavy atom. The number of ether oxygens (including phenoxy) is 1. The lowest BCUT2D eigenvalue weighted by Gasteiger charge is -2.36. The summed E-state index contributed by atoms with van der Waals surface area (Å²) in [5, 5.41) is 0. The predicted octanol–water partition coefficient (Wildman–Crippen LogP) is 0.513. The molecule has 0 spiro atoms. The topological polar surface area (TPSA) is 46.6 Å². The highest BCUT2D eigenvalue weighted by atomic mass is 32.2. The number of thioether (sulfide) groups is 1. The van der Waals surface area contributed by atoms with E-state index < -0.39 is 11.9 Å². The standard InChI is InChI=1S/C9H15NO3S/c1-9(2)6-10(4-5-14-9)7(11)8(12)13-3/h4-6H2,1-3H3. The first-order chi connectivity index (χ1) is 6.46. The van der Waals surface area contributed by atoms with Crippen LogP contribution in [-0.2, 0) is 14.3 Å². The average Bonchev–Trinajstić information content (AvgIpc) is 2.14. The van der Waals surface area contributed by atoms with Gasteiger partial charge in [-0.1, -0.05) is 0 Å². The molecule has 0 radical (unpaired) electrons. The lowest BCUT2D eigenvalue weighted by molar-refractivity contribution is -0.158. The normalized spacial score (nSPS) is 20.4. The van der Waals surface area contributed by atoms with E-state index in [1.165, 1.54) is 7.11 Å². The number of carbonyl (C=O) groups is 2. The van der Waals surface area contributed by atoms with Gasteiger partial charge in [0.15, 0.2) is 0 Å². The molecule has 1 saturated heterocycles. The smallest absolute Gasteiger partial charge is 0.396 e. The fourth-order valence-electron chi connectivity index (χ4n) is 1.41. The minimum atomic E-state index is -0.771. The van der Waals surface area contributed by atoms with Crippen molar-refractivity contribution < 1.29 is 14.3 Å². The largest absolute Gasteiger partial charge is 0.462 e. The van der Waals surface area contributed by atoms with Gasteiger partial charge in [-0.15, -0.1) is 0 Å². The molecule has 80 valence electrons. The molecule has 0 aromatic carbocycles. The number of esters is 1. The summed E-state index contributed by atoms with van der Waals surface area (Å²) in [7, 11) is 1.23. The molecule has 0 aromatic rings. The van der Waals surface area contributed by atoms with E-state index in [2.05, 4.69) is 18.6 Å². The summed E-state index contributed by atoms with van der Waals surface area (Å²) in [6, 6.07) is 0. The maximum Gasteiger partial charge on any atom is 0.396 e. The summed E-state index contributed by atoms with van der Waals surface area (Å²) >= 11 is 1.81. The zero-order valence-corrected chi connectivity index (χ0v) is 9.52. The van der Waals surface area contributed by atoms with E-state index in [4.69, 9.17) is 0 Å². The molecule has 0 aromatic heterocycles. The van der Waals surface area contributed by atoms with Crippen LogP contribution in [0.15, 0.2) is 0 Å². The summed E-state index contributed by atoms with van der Waals surface area (Å²) in [6.45, 7) is 5.36. The Morgan fingerprint density at radius 2 is 2.07 bits per heavy atom. The Morgan fingerprint density at radius 3 is 2.57 bits per heavy atom. The second kappa shape index (κ2) is 4.21. The quantitative estimate of drug-likeness (QED) is 0.438. The monoisotopic (exact) mass is 217 g/mol. The van der Waals surface area contributed by atoms with Gasteiger partial charge in [0.1, 0.15) is 0 Å². The summed E-state index contributed by atoms with van der Waals surface area (Å²) in [5.74, 6) is -0.427. The molecule has 0 bridgehead atoms. The average molecular weight is 217 g/mol. The van der Waals surface area contributed by atoms with E-state index in [-0.39, 0.29) is 4.75 Å². The van der Waals surface area contributed by atoms with Crippen molar-refractivity contribution in [2.75, 3.05) is 26.0 Å². The molecule has 0 atom stereocenters. The van der Waals surface area contributed by atoms with E-state index in [1.807, 2.05) is 11.8 Å². The minimum absolute atomic E-state index is 0.0297. The third-order valence-corrected chi connectivity index (χ3v) is 3.37. The first kappa shape index (κ1) is 11.4. The van der Waals surface area contributed by atoms with Gasteiger partial charge in [0.05, 0.1) is 7.11 Å². The molecule has 1 aliphatic rings. The van der Waals surface area contributed by atoms with Crippen molar-refractivity contribution in [1.82, 2.24) is 4.90 Å². The molecule has 1 rings (SSSR count). The lowest BCUT2D eigenvalue weighted by atomic mass is 10.2. The van der Waals surface area contributed by atoms with Gasteiger partial charge >= 0.3 is 11.9 Å². The number of hydrogen-bond donors (Lipinski definition) is 0. The minimum Gasteiger partial charge on any atom is -0.462 e. The molecule has 0 saturated carbocycles. The van der Waals surface area contributed by atoms with Crippen molar-refractivity contribution in [3.05, 3.63) is 0 Å². The van der Waals surface area contributed by atoms with Crippen LogP contribution in [0.25, 0.3) is 0 Å². The van der Waals surface area contributed by atoms with Crippen LogP contribution in [-0.4, -0.2) is 47.5 Å². The third-order valence-electron chi connectivity index (χ3n) is 2.07. The zero-order chi connectivity index (χ0) is 10.8. The van der Waals surface area contributed by atoms with Crippen LogP contribution in [0.2, 0.25) is 0 Å². The molecule has 0 N–H and O–H groups in total. The lowest BCUT2D eigenvalue weighted by Crippen LogP contribution is -2.48. The van der Waals surface area contributed by atoms with Gasteiger partial charge in [0, 0.05) is 23.6 Å². The molecule has 0 aliphatic carbocycles. The molecule has 1 amide bonds. The van der Waals surface area contributed by atoms with Gasteiger partial charge in [-0.2, -0.15) is 11.8 Å². The van der Waals surface area contributed by atoms with Crippen molar-refractivity contribution in [3.8, 4) is 0 Å². The Kier molecular flexibility index (Phi) is 3.42.